The number of hydrogen-bond acceptors (Lipinski definition) is 3. The number of nitrogens with zero attached hydrogens (tertiary/aromatic N) is 3. The monoisotopic (exact) mass is 299 g/mol. The van der Waals surface area contributed by atoms with Gasteiger partial charge in [0.1, 0.15) is 0 Å². The van der Waals surface area contributed by atoms with E-state index >= 15 is 0 Å². The standard InChI is InChI=1S/C14H16F3N3O/c1-8-6-13(21)20-12(18-8)7-11(19-20)9-2-4-10(5-3-9)14(15,16)17/h6-7,9-10,21H,2-5H2,1H3/t9-,10-. The van der Waals surface area contributed by atoms with E-state index in [-0.39, 0.29) is 24.6 Å². The predicted molar refractivity (Wildman–Crippen MR) is 70.1 cm³/mol. The number of halogens is 3. The molecule has 0 radical (unpaired) electrons. The van der Waals surface area contributed by atoms with Crippen LogP contribution < -0.4 is 0 Å². The molecule has 0 aromatic carbocycles. The van der Waals surface area contributed by atoms with Crippen LogP contribution in [0.5, 0.6) is 5.88 Å². The van der Waals surface area contributed by atoms with Gasteiger partial charge in [0.2, 0.25) is 5.88 Å². The zero-order valence-electron chi connectivity index (χ0n) is 11.6. The molecule has 3 rings (SSSR count). The zero-order valence-corrected chi connectivity index (χ0v) is 11.6. The second-order valence-electron chi connectivity index (χ2n) is 5.69. The molecule has 0 amide bonds. The lowest BCUT2D eigenvalue weighted by atomic mass is 9.80. The Hall–Kier alpha value is -1.79. The lowest BCUT2D eigenvalue weighted by Crippen LogP contribution is -2.27. The van der Waals surface area contributed by atoms with Gasteiger partial charge in [-0.25, -0.2) is 4.98 Å². The molecule has 1 aliphatic carbocycles. The fourth-order valence-electron chi connectivity index (χ4n) is 3.01. The Kier molecular flexibility index (Phi) is 3.30. The van der Waals surface area contributed by atoms with Crippen LogP contribution in [0.25, 0.3) is 5.65 Å². The highest BCUT2D eigenvalue weighted by Crippen LogP contribution is 2.42. The van der Waals surface area contributed by atoms with E-state index in [4.69, 9.17) is 0 Å². The van der Waals surface area contributed by atoms with Crippen molar-refractivity contribution in [1.82, 2.24) is 14.6 Å². The summed E-state index contributed by atoms with van der Waals surface area (Å²) >= 11 is 0. The zero-order chi connectivity index (χ0) is 15.2. The highest BCUT2D eigenvalue weighted by Gasteiger charge is 2.41. The van der Waals surface area contributed by atoms with E-state index in [1.54, 1.807) is 13.0 Å². The summed E-state index contributed by atoms with van der Waals surface area (Å²) in [5, 5.41) is 14.1. The van der Waals surface area contributed by atoms with Crippen LogP contribution in [-0.4, -0.2) is 25.9 Å². The van der Waals surface area contributed by atoms with Crippen molar-refractivity contribution in [3.8, 4) is 5.88 Å². The van der Waals surface area contributed by atoms with Gasteiger partial charge in [-0.15, -0.1) is 0 Å². The predicted octanol–water partition coefficient (Wildman–Crippen LogP) is 3.58. The summed E-state index contributed by atoms with van der Waals surface area (Å²) in [5.41, 5.74) is 1.91. The molecule has 0 spiro atoms. The van der Waals surface area contributed by atoms with Crippen molar-refractivity contribution in [2.75, 3.05) is 0 Å². The molecule has 21 heavy (non-hydrogen) atoms. The first kappa shape index (κ1) is 14.2. The normalized spacial score (nSPS) is 23.6. The number of hydrogen-bond donors (Lipinski definition) is 1. The van der Waals surface area contributed by atoms with Crippen molar-refractivity contribution >= 4 is 5.65 Å². The minimum atomic E-state index is -4.10. The summed E-state index contributed by atoms with van der Waals surface area (Å²) in [6.45, 7) is 1.76. The van der Waals surface area contributed by atoms with E-state index in [2.05, 4.69) is 10.1 Å². The van der Waals surface area contributed by atoms with Gasteiger partial charge in [-0.2, -0.15) is 22.8 Å². The van der Waals surface area contributed by atoms with Crippen LogP contribution in [0.1, 0.15) is 43.0 Å². The molecule has 7 heteroatoms. The highest BCUT2D eigenvalue weighted by atomic mass is 19.4. The second-order valence-corrected chi connectivity index (χ2v) is 5.69. The van der Waals surface area contributed by atoms with Crippen molar-refractivity contribution in [3.63, 3.8) is 0 Å². The van der Waals surface area contributed by atoms with Crippen molar-refractivity contribution in [2.24, 2.45) is 5.92 Å². The first-order valence-corrected chi connectivity index (χ1v) is 6.97. The Balaban J connectivity index is 1.81. The fraction of sp³-hybridized carbons (Fsp3) is 0.571. The summed E-state index contributed by atoms with van der Waals surface area (Å²) in [7, 11) is 0. The molecule has 0 unspecified atom stereocenters. The number of aryl methyl sites for hydroxylation is 1. The molecule has 2 heterocycles. The number of fused-ring (bicyclic) bond motifs is 1. The van der Waals surface area contributed by atoms with Gasteiger partial charge in [-0.3, -0.25) is 0 Å². The molecule has 0 atom stereocenters. The number of alkyl halides is 3. The third-order valence-corrected chi connectivity index (χ3v) is 4.16. The fourth-order valence-corrected chi connectivity index (χ4v) is 3.01. The van der Waals surface area contributed by atoms with Gasteiger partial charge in [0.05, 0.1) is 11.6 Å². The van der Waals surface area contributed by atoms with E-state index in [0.717, 1.165) is 0 Å². The van der Waals surface area contributed by atoms with E-state index < -0.39 is 12.1 Å². The topological polar surface area (TPSA) is 50.4 Å². The molecule has 4 nitrogen and oxygen atoms in total. The lowest BCUT2D eigenvalue weighted by Gasteiger charge is -2.28. The quantitative estimate of drug-likeness (QED) is 0.875. The van der Waals surface area contributed by atoms with Crippen molar-refractivity contribution in [3.05, 3.63) is 23.5 Å². The summed E-state index contributed by atoms with van der Waals surface area (Å²) in [4.78, 5) is 4.27. The molecule has 2 aromatic rings. The molecule has 2 aromatic heterocycles. The molecule has 1 fully saturated rings. The highest BCUT2D eigenvalue weighted by molar-refractivity contribution is 5.43. The Labute approximate surface area is 119 Å². The maximum Gasteiger partial charge on any atom is 0.391 e. The van der Waals surface area contributed by atoms with Crippen LogP contribution in [0.2, 0.25) is 0 Å². The van der Waals surface area contributed by atoms with E-state index in [1.807, 2.05) is 0 Å². The summed E-state index contributed by atoms with van der Waals surface area (Å²) in [6.07, 6.45) is -2.89. The van der Waals surface area contributed by atoms with Crippen molar-refractivity contribution in [1.29, 1.82) is 0 Å². The number of aromatic nitrogens is 3. The van der Waals surface area contributed by atoms with Gasteiger partial charge in [-0.1, -0.05) is 0 Å². The summed E-state index contributed by atoms with van der Waals surface area (Å²) < 4.78 is 39.3. The minimum Gasteiger partial charge on any atom is -0.493 e. The van der Waals surface area contributed by atoms with Gasteiger partial charge in [-0.05, 0) is 32.6 Å². The largest absolute Gasteiger partial charge is 0.493 e. The van der Waals surface area contributed by atoms with Gasteiger partial charge in [0.15, 0.2) is 5.65 Å². The Morgan fingerprint density at radius 3 is 2.48 bits per heavy atom. The molecule has 0 aliphatic heterocycles. The van der Waals surface area contributed by atoms with Gasteiger partial charge >= 0.3 is 6.18 Å². The lowest BCUT2D eigenvalue weighted by molar-refractivity contribution is -0.182. The Bertz CT molecular complexity index is 657. The molecule has 0 saturated heterocycles. The molecule has 1 aliphatic rings. The van der Waals surface area contributed by atoms with Crippen LogP contribution in [0.15, 0.2) is 12.1 Å². The third-order valence-electron chi connectivity index (χ3n) is 4.16. The maximum absolute atomic E-state index is 12.7. The molecule has 1 N–H and O–H groups in total. The van der Waals surface area contributed by atoms with E-state index in [9.17, 15) is 18.3 Å². The minimum absolute atomic E-state index is 0.00464. The average molecular weight is 299 g/mol. The summed E-state index contributed by atoms with van der Waals surface area (Å²) in [6, 6.07) is 3.26. The van der Waals surface area contributed by atoms with Crippen molar-refractivity contribution in [2.45, 2.75) is 44.7 Å². The number of aromatic hydroxyl groups is 1. The van der Waals surface area contributed by atoms with Crippen molar-refractivity contribution < 1.29 is 18.3 Å². The Morgan fingerprint density at radius 2 is 1.86 bits per heavy atom. The SMILES string of the molecule is Cc1cc(O)n2nc([C@H]3CC[C@H](C(F)(F)F)CC3)cc2n1. The van der Waals surface area contributed by atoms with Crippen LogP contribution >= 0.6 is 0 Å². The van der Waals surface area contributed by atoms with Crippen LogP contribution in [0.4, 0.5) is 13.2 Å². The van der Waals surface area contributed by atoms with Gasteiger partial charge in [0, 0.05) is 23.7 Å². The molecule has 0 bridgehead atoms. The van der Waals surface area contributed by atoms with Gasteiger partial charge in [0.25, 0.3) is 0 Å². The smallest absolute Gasteiger partial charge is 0.391 e. The molecular formula is C14H16F3N3O. The number of rotatable bonds is 1. The molecular weight excluding hydrogens is 283 g/mol. The molecule has 114 valence electrons. The average Bonchev–Trinajstić information content (AvgIpc) is 2.82. The second kappa shape index (κ2) is 4.89. The molecule has 1 saturated carbocycles. The first-order chi connectivity index (χ1) is 9.84. The van der Waals surface area contributed by atoms with E-state index in [0.29, 0.717) is 29.9 Å². The third kappa shape index (κ3) is 2.69. The van der Waals surface area contributed by atoms with Crippen LogP contribution in [0.3, 0.4) is 0 Å². The first-order valence-electron chi connectivity index (χ1n) is 6.97. The Morgan fingerprint density at radius 1 is 1.19 bits per heavy atom. The van der Waals surface area contributed by atoms with Gasteiger partial charge < -0.3 is 5.11 Å². The van der Waals surface area contributed by atoms with Crippen LogP contribution in [0, 0.1) is 12.8 Å². The van der Waals surface area contributed by atoms with E-state index in [1.165, 1.54) is 10.6 Å². The maximum atomic E-state index is 12.7. The van der Waals surface area contributed by atoms with Crippen LogP contribution in [-0.2, 0) is 0 Å². The summed E-state index contributed by atoms with van der Waals surface area (Å²) in [5.74, 6) is -1.20.